The van der Waals surface area contributed by atoms with Crippen LogP contribution in [0.25, 0.3) is 16.6 Å². The number of aliphatic hydroxyl groups is 1. The number of ether oxygens (including phenoxy) is 2. The minimum Gasteiger partial charge on any atom is -0.452 e. The lowest BCUT2D eigenvalue weighted by Crippen LogP contribution is -2.46. The highest BCUT2D eigenvalue weighted by Gasteiger charge is 2.43. The van der Waals surface area contributed by atoms with Crippen LogP contribution in [-0.2, 0) is 52.9 Å². The number of nitrogens with one attached hydrogen (secondary N) is 1. The summed E-state index contributed by atoms with van der Waals surface area (Å²) in [5, 5.41) is 15.6. The largest absolute Gasteiger partial charge is 0.490 e. The number of nitrogens with zero attached hydrogens (tertiary/aromatic N) is 6. The minimum atomic E-state index is -5.77. The number of nitrogen functional groups attached to an aromatic ring is 1. The summed E-state index contributed by atoms with van der Waals surface area (Å²) in [6.07, 6.45) is 3.16. The summed E-state index contributed by atoms with van der Waals surface area (Å²) in [6, 6.07) is 7.67. The van der Waals surface area contributed by atoms with Crippen LogP contribution >= 0.6 is 23.5 Å². The molecule has 1 saturated heterocycles. The molecule has 8 rings (SSSR count). The van der Waals surface area contributed by atoms with Crippen molar-refractivity contribution in [2.45, 2.75) is 76.9 Å². The van der Waals surface area contributed by atoms with Crippen LogP contribution in [0.1, 0.15) is 69.4 Å². The zero-order chi connectivity index (χ0) is 50.6. The molecule has 4 aliphatic heterocycles. The number of aromatic nitrogens is 3. The van der Waals surface area contributed by atoms with Crippen LogP contribution in [0.2, 0.25) is 0 Å². The zero-order valence-electron chi connectivity index (χ0n) is 37.7. The number of benzene rings is 2. The molecule has 29 heteroatoms. The lowest BCUT2D eigenvalue weighted by molar-refractivity contribution is -0.120. The van der Waals surface area contributed by atoms with E-state index in [1.54, 1.807) is 12.1 Å². The minimum absolute atomic E-state index is 0.0511. The molecule has 1 amide bonds. The summed E-state index contributed by atoms with van der Waals surface area (Å²) in [5.74, 6) is 6.06. The first kappa shape index (κ1) is 51.4. The number of rotatable bonds is 16. The van der Waals surface area contributed by atoms with E-state index in [1.807, 2.05) is 32.0 Å². The molecule has 0 bridgehead atoms. The van der Waals surface area contributed by atoms with Gasteiger partial charge in [-0.1, -0.05) is 17.9 Å². The molecular weight excluding hydrogens is 1000 g/mol. The molecule has 5 atom stereocenters. The third-order valence-corrected chi connectivity index (χ3v) is 16.3. The summed E-state index contributed by atoms with van der Waals surface area (Å²) in [6.45, 7) is 7.14. The molecule has 1 fully saturated rings. The fourth-order valence-electron chi connectivity index (χ4n) is 8.94. The van der Waals surface area contributed by atoms with Gasteiger partial charge in [0.05, 0.1) is 41.8 Å². The number of aryl methyl sites for hydroxylation is 1. The second-order valence-corrected chi connectivity index (χ2v) is 23.2. The Kier molecular flexibility index (Phi) is 14.4. The predicted octanol–water partition coefficient (Wildman–Crippen LogP) is 2.34. The highest BCUT2D eigenvalue weighted by atomic mass is 32.2. The van der Waals surface area contributed by atoms with Gasteiger partial charge in [0.1, 0.15) is 60.0 Å². The van der Waals surface area contributed by atoms with Gasteiger partial charge in [0.2, 0.25) is 11.3 Å². The Morgan fingerprint density at radius 3 is 2.59 bits per heavy atom. The van der Waals surface area contributed by atoms with Crippen LogP contribution in [0.5, 0.6) is 11.5 Å². The molecule has 0 aliphatic carbocycles. The Morgan fingerprint density at radius 2 is 1.86 bits per heavy atom. The van der Waals surface area contributed by atoms with Gasteiger partial charge in [0.25, 0.3) is 10.1 Å². The summed E-state index contributed by atoms with van der Waals surface area (Å²) in [4.78, 5) is 65.2. The number of anilines is 2. The SMILES string of the molecule is CC[N+]1=c2cc3c(cc2CCC1)=Nc1cc2c(cc1O3)N(CCCC(=O)NCC#Cc1cn([C@H]3C[C@H](O)[C@@H](COP(=O)(O)OP(=O)(O)OP(=O)(O)O)O3)c3ncnc(N)c13)C(C)(C)C=C2CS(=O)(=O)O. The second kappa shape index (κ2) is 19.6. The van der Waals surface area contributed by atoms with Crippen LogP contribution in [0.4, 0.5) is 17.2 Å². The number of fused-ring (bicyclic) bond motifs is 5. The van der Waals surface area contributed by atoms with Gasteiger partial charge in [0, 0.05) is 54.9 Å². The first-order valence-corrected chi connectivity index (χ1v) is 27.8. The molecule has 70 heavy (non-hydrogen) atoms. The number of phosphoric ester groups is 1. The molecule has 2 unspecified atom stereocenters. The van der Waals surface area contributed by atoms with Crippen molar-refractivity contribution in [3.8, 4) is 23.3 Å². The fraction of sp³-hybridized carbons (Fsp3) is 0.439. The van der Waals surface area contributed by atoms with E-state index >= 15 is 0 Å². The lowest BCUT2D eigenvalue weighted by atomic mass is 9.88. The standard InChI is InChI=1S/C41H49N8O17P3S/c1-4-47-12-6-9-24-14-28-33(16-30(24)47)63-34-17-31-27(15-29(34)46-28)26(22-70(59,60)61)19-41(2,3)49(31)13-7-10-36(51)43-11-5-8-25-20-48(40-38(25)39(42)44-23-45-40)37-18-32(50)35(64-37)21-62-68(55,56)66-69(57,58)65-67(52,53)54/h14-17,19-20,23,32,35,37,50H,4,6-7,9-13,18,21-22H2,1-3H3,(H7-,42,43,44,45,51,52,53,54,55,56,57,58,59,60,61)/p+1/t32-,35+,37+/m0/s1. The Bertz CT molecular complexity index is 3280. The second-order valence-electron chi connectivity index (χ2n) is 17.3. The molecule has 0 saturated carbocycles. The average Bonchev–Trinajstić information content (AvgIpc) is 3.81. The van der Waals surface area contributed by atoms with Crippen LogP contribution in [0.3, 0.4) is 0 Å². The smallest absolute Gasteiger partial charge is 0.452 e. The van der Waals surface area contributed by atoms with Gasteiger partial charge in [-0.2, -0.15) is 17.0 Å². The molecule has 4 aliphatic rings. The normalized spacial score (nSPS) is 21.1. The van der Waals surface area contributed by atoms with Gasteiger partial charge in [0.15, 0.2) is 11.5 Å². The van der Waals surface area contributed by atoms with Crippen molar-refractivity contribution in [1.82, 2.24) is 24.4 Å². The molecular formula is C41H50N8O17P3S+. The van der Waals surface area contributed by atoms with Gasteiger partial charge in [-0.05, 0) is 51.3 Å². The van der Waals surface area contributed by atoms with E-state index in [0.29, 0.717) is 63.3 Å². The Balaban J connectivity index is 0.924. The third kappa shape index (κ3) is 11.7. The van der Waals surface area contributed by atoms with E-state index in [4.69, 9.17) is 30.0 Å². The summed E-state index contributed by atoms with van der Waals surface area (Å²) in [5.41, 5.74) is 9.33. The zero-order valence-corrected chi connectivity index (χ0v) is 41.2. The van der Waals surface area contributed by atoms with Crippen LogP contribution in [0, 0.1) is 11.8 Å². The molecule has 376 valence electrons. The maximum absolute atomic E-state index is 13.2. The van der Waals surface area contributed by atoms with E-state index in [-0.39, 0.29) is 36.8 Å². The van der Waals surface area contributed by atoms with Crippen LogP contribution in [-0.4, -0.2) is 114 Å². The number of aliphatic hydroxyl groups excluding tert-OH is 1. The molecule has 4 aromatic rings. The van der Waals surface area contributed by atoms with Gasteiger partial charge >= 0.3 is 23.5 Å². The number of carbonyl (C=O) groups excluding carboxylic acids is 1. The molecule has 9 N–H and O–H groups in total. The first-order chi connectivity index (χ1) is 32.8. The van der Waals surface area contributed by atoms with Crippen LogP contribution in [0.15, 0.2) is 47.9 Å². The average molecular weight is 1050 g/mol. The summed E-state index contributed by atoms with van der Waals surface area (Å²) >= 11 is 0. The topological polar surface area (TPSA) is 357 Å². The summed E-state index contributed by atoms with van der Waals surface area (Å²) in [7, 11) is -21.3. The predicted molar refractivity (Wildman–Crippen MR) is 250 cm³/mol. The lowest BCUT2D eigenvalue weighted by Gasteiger charge is -2.44. The fourth-order valence-corrected chi connectivity index (χ4v) is 12.6. The molecule has 2 aromatic heterocycles. The van der Waals surface area contributed by atoms with E-state index < -0.39 is 69.9 Å². The molecule has 2 aromatic carbocycles. The van der Waals surface area contributed by atoms with Gasteiger partial charge < -0.3 is 54.7 Å². The summed E-state index contributed by atoms with van der Waals surface area (Å²) < 4.78 is 97.5. The molecule has 0 radical (unpaired) electrons. The Labute approximate surface area is 399 Å². The number of nitrogens with two attached hydrogens (primary N) is 1. The van der Waals surface area contributed by atoms with Gasteiger partial charge in [-0.15, -0.1) is 0 Å². The highest BCUT2D eigenvalue weighted by molar-refractivity contribution is 7.86. The van der Waals surface area contributed by atoms with E-state index in [9.17, 15) is 46.4 Å². The maximum atomic E-state index is 13.2. The monoisotopic (exact) mass is 1050 g/mol. The molecule has 6 heterocycles. The number of amides is 1. The van der Waals surface area contributed by atoms with Crippen molar-refractivity contribution in [3.05, 3.63) is 70.3 Å². The van der Waals surface area contributed by atoms with Crippen molar-refractivity contribution in [2.24, 2.45) is 4.99 Å². The van der Waals surface area contributed by atoms with E-state index in [0.717, 1.165) is 31.3 Å². The van der Waals surface area contributed by atoms with Crippen molar-refractivity contribution < 1.29 is 78.8 Å². The van der Waals surface area contributed by atoms with E-state index in [1.165, 1.54) is 22.7 Å². The maximum Gasteiger partial charge on any atom is 0.490 e. The quantitative estimate of drug-likeness (QED) is 0.0304. The van der Waals surface area contributed by atoms with E-state index in [2.05, 4.69) is 56.7 Å². The Hall–Kier alpha value is -4.93. The van der Waals surface area contributed by atoms with Crippen molar-refractivity contribution in [1.29, 1.82) is 0 Å². The Morgan fingerprint density at radius 1 is 1.09 bits per heavy atom. The molecule has 0 spiro atoms. The molecule has 25 nitrogen and oxygen atoms in total. The third-order valence-electron chi connectivity index (χ3n) is 11.8. The highest BCUT2D eigenvalue weighted by Crippen LogP contribution is 2.66. The van der Waals surface area contributed by atoms with Gasteiger partial charge in [-0.3, -0.25) is 13.9 Å². The first-order valence-electron chi connectivity index (χ1n) is 21.7. The van der Waals surface area contributed by atoms with Crippen molar-refractivity contribution >= 4 is 73.3 Å². The number of hydrogen-bond acceptors (Lipinski definition) is 17. The van der Waals surface area contributed by atoms with Crippen molar-refractivity contribution in [3.63, 3.8) is 0 Å². The number of carbonyl (C=O) groups is 1. The van der Waals surface area contributed by atoms with Crippen LogP contribution < -0.4 is 36.0 Å². The number of phosphoric acid groups is 3. The number of hydrogen-bond donors (Lipinski definition) is 8. The van der Waals surface area contributed by atoms with Gasteiger partial charge in [-0.25, -0.2) is 33.2 Å². The van der Waals surface area contributed by atoms with Crippen molar-refractivity contribution in [2.75, 3.05) is 49.2 Å².